The number of rotatable bonds is 13. The van der Waals surface area contributed by atoms with Crippen molar-refractivity contribution in [2.24, 2.45) is 11.3 Å². The molecule has 2 aromatic rings. The quantitative estimate of drug-likeness (QED) is 0.102. The van der Waals surface area contributed by atoms with E-state index >= 15 is 0 Å². The topological polar surface area (TPSA) is 181 Å². The van der Waals surface area contributed by atoms with E-state index in [1.165, 1.54) is 14.0 Å². The highest BCUT2D eigenvalue weighted by molar-refractivity contribution is 8.13. The molecule has 0 radical (unpaired) electrons. The molecular formula is C22H32ClN6O7PS. The summed E-state index contributed by atoms with van der Waals surface area (Å²) in [5.41, 5.74) is 5.77. The minimum atomic E-state index is -3.97. The van der Waals surface area contributed by atoms with E-state index in [0.29, 0.717) is 17.6 Å². The number of hydrogen-bond acceptors (Lipinski definition) is 12. The van der Waals surface area contributed by atoms with Gasteiger partial charge in [-0.2, -0.15) is 9.97 Å². The number of methoxy groups -OCH3 is 1. The molecule has 16 heteroatoms. The number of halogens is 1. The van der Waals surface area contributed by atoms with Crippen LogP contribution in [0.4, 0.5) is 5.95 Å². The number of nitrogens with two attached hydrogens (primary N) is 1. The standard InChI is InChI=1S/C22H32ClN6O7PS/c1-13(19(31)34-4)28-37(33,35-7-8-38-20(32)22(2,3)11-30)36-10-14-5-6-15(9-14)29-12-25-16-17(23)26-21(24)27-18(16)29/h5-6,12-15,30H,7-11H2,1-4H3,(H,28,33)(H2,24,26,27)/t13-,14?,15-,37?/m0/s1. The third kappa shape index (κ3) is 7.53. The molecule has 0 aromatic carbocycles. The number of aliphatic hydroxyl groups is 1. The highest BCUT2D eigenvalue weighted by atomic mass is 35.5. The predicted octanol–water partition coefficient (Wildman–Crippen LogP) is 2.75. The number of nitrogen functional groups attached to an aromatic ring is 1. The lowest BCUT2D eigenvalue weighted by atomic mass is 9.97. The van der Waals surface area contributed by atoms with Crippen molar-refractivity contribution >= 4 is 59.3 Å². The smallest absolute Gasteiger partial charge is 0.406 e. The molecule has 38 heavy (non-hydrogen) atoms. The van der Waals surface area contributed by atoms with E-state index in [4.69, 9.17) is 31.1 Å². The van der Waals surface area contributed by atoms with E-state index in [9.17, 15) is 19.3 Å². The molecule has 0 spiro atoms. The number of fused-ring (bicyclic) bond motifs is 1. The summed E-state index contributed by atoms with van der Waals surface area (Å²) in [6.07, 6.45) is 6.05. The van der Waals surface area contributed by atoms with Crippen molar-refractivity contribution in [1.29, 1.82) is 0 Å². The van der Waals surface area contributed by atoms with Gasteiger partial charge in [0, 0.05) is 11.7 Å². The van der Waals surface area contributed by atoms with Crippen molar-refractivity contribution in [2.45, 2.75) is 39.3 Å². The molecule has 2 heterocycles. The number of anilines is 1. The van der Waals surface area contributed by atoms with Gasteiger partial charge in [0.2, 0.25) is 5.95 Å². The first-order chi connectivity index (χ1) is 17.9. The fourth-order valence-corrected chi connectivity index (χ4v) is 6.22. The largest absolute Gasteiger partial charge is 0.468 e. The molecule has 0 aliphatic heterocycles. The molecule has 0 saturated carbocycles. The molecule has 0 amide bonds. The molecule has 2 unspecified atom stereocenters. The van der Waals surface area contributed by atoms with Gasteiger partial charge in [0.05, 0.1) is 44.7 Å². The molecule has 1 aliphatic rings. The first-order valence-electron chi connectivity index (χ1n) is 11.8. The number of allylic oxidation sites excluding steroid dienone is 1. The zero-order valence-electron chi connectivity index (χ0n) is 21.5. The van der Waals surface area contributed by atoms with Crippen molar-refractivity contribution in [3.05, 3.63) is 23.6 Å². The summed E-state index contributed by atoms with van der Waals surface area (Å²) in [6.45, 7) is 4.37. The average molecular weight is 591 g/mol. The Bertz CT molecular complexity index is 1240. The summed E-state index contributed by atoms with van der Waals surface area (Å²) in [5.74, 6) is -0.564. The molecule has 3 rings (SSSR count). The van der Waals surface area contributed by atoms with E-state index in [-0.39, 0.29) is 53.7 Å². The number of nitrogens with one attached hydrogen (secondary N) is 1. The Labute approximate surface area is 229 Å². The number of aliphatic hydroxyl groups excluding tert-OH is 1. The third-order valence-electron chi connectivity index (χ3n) is 5.79. The Hall–Kier alpha value is -2.06. The molecule has 210 valence electrons. The number of esters is 1. The van der Waals surface area contributed by atoms with Gasteiger partial charge in [-0.25, -0.2) is 14.6 Å². The molecule has 4 atom stereocenters. The Morgan fingerprint density at radius 1 is 1.37 bits per heavy atom. The lowest BCUT2D eigenvalue weighted by Gasteiger charge is -2.24. The Morgan fingerprint density at radius 2 is 2.11 bits per heavy atom. The van der Waals surface area contributed by atoms with E-state index in [1.807, 2.05) is 16.7 Å². The van der Waals surface area contributed by atoms with Crippen LogP contribution in [0.2, 0.25) is 5.15 Å². The lowest BCUT2D eigenvalue weighted by molar-refractivity contribution is -0.142. The molecule has 0 fully saturated rings. The van der Waals surface area contributed by atoms with Crippen LogP contribution in [0, 0.1) is 11.3 Å². The summed E-state index contributed by atoms with van der Waals surface area (Å²) in [6, 6.07) is -1.09. The van der Waals surface area contributed by atoms with Crippen LogP contribution in [-0.4, -0.2) is 74.4 Å². The van der Waals surface area contributed by atoms with Gasteiger partial charge in [0.1, 0.15) is 11.6 Å². The normalized spacial score (nSPS) is 19.9. The molecule has 2 aromatic heterocycles. The van der Waals surface area contributed by atoms with Crippen LogP contribution in [0.1, 0.15) is 33.2 Å². The highest BCUT2D eigenvalue weighted by Gasteiger charge is 2.33. The Kier molecular flexibility index (Phi) is 10.3. The van der Waals surface area contributed by atoms with Crippen LogP contribution in [0.15, 0.2) is 18.5 Å². The molecule has 0 bridgehead atoms. The van der Waals surface area contributed by atoms with E-state index in [0.717, 1.165) is 11.8 Å². The van der Waals surface area contributed by atoms with Crippen LogP contribution in [0.5, 0.6) is 0 Å². The van der Waals surface area contributed by atoms with Gasteiger partial charge in [-0.3, -0.25) is 18.6 Å². The van der Waals surface area contributed by atoms with E-state index in [1.54, 1.807) is 20.2 Å². The Balaban J connectivity index is 1.62. The minimum absolute atomic E-state index is 0.0271. The van der Waals surface area contributed by atoms with Gasteiger partial charge in [-0.05, 0) is 27.2 Å². The maximum Gasteiger partial charge on any atom is 0.406 e. The van der Waals surface area contributed by atoms with Crippen LogP contribution < -0.4 is 10.8 Å². The molecule has 1 aliphatic carbocycles. The maximum atomic E-state index is 13.5. The van der Waals surface area contributed by atoms with Crippen molar-refractivity contribution in [3.8, 4) is 0 Å². The number of imidazole rings is 1. The summed E-state index contributed by atoms with van der Waals surface area (Å²) < 4.78 is 31.2. The molecular weight excluding hydrogens is 559 g/mol. The van der Waals surface area contributed by atoms with Crippen molar-refractivity contribution < 1.29 is 33.0 Å². The van der Waals surface area contributed by atoms with Gasteiger partial charge >= 0.3 is 13.7 Å². The molecule has 4 N–H and O–H groups in total. The summed E-state index contributed by atoms with van der Waals surface area (Å²) in [4.78, 5) is 36.5. The lowest BCUT2D eigenvalue weighted by Crippen LogP contribution is -2.34. The first-order valence-corrected chi connectivity index (χ1v) is 14.7. The van der Waals surface area contributed by atoms with Gasteiger partial charge in [-0.1, -0.05) is 35.5 Å². The number of thioether (sulfide) groups is 1. The molecule has 0 saturated heterocycles. The predicted molar refractivity (Wildman–Crippen MR) is 143 cm³/mol. The van der Waals surface area contributed by atoms with Crippen molar-refractivity contribution in [3.63, 3.8) is 0 Å². The second-order valence-electron chi connectivity index (χ2n) is 9.32. The van der Waals surface area contributed by atoms with E-state index in [2.05, 4.69) is 20.0 Å². The van der Waals surface area contributed by atoms with Crippen LogP contribution in [0.3, 0.4) is 0 Å². The van der Waals surface area contributed by atoms with Gasteiger partial charge in [0.25, 0.3) is 0 Å². The number of hydrogen-bond donors (Lipinski definition) is 3. The highest BCUT2D eigenvalue weighted by Crippen LogP contribution is 2.46. The number of nitrogens with zero attached hydrogens (tertiary/aromatic N) is 4. The van der Waals surface area contributed by atoms with Crippen LogP contribution in [-0.2, 0) is 27.9 Å². The second-order valence-corrected chi connectivity index (χ2v) is 12.5. The SMILES string of the molecule is COC(=O)[C@H](C)NP(=O)(OCCSC(=O)C(C)(C)CO)OCC1C=C[C@H](n2cnc3c(Cl)nc(N)nc32)C1. The third-order valence-corrected chi connectivity index (χ3v) is 8.96. The zero-order chi connectivity index (χ0) is 28.1. The maximum absolute atomic E-state index is 13.5. The number of carbonyl (C=O) groups is 2. The van der Waals surface area contributed by atoms with E-state index < -0.39 is 25.2 Å². The number of ether oxygens (including phenoxy) is 1. The summed E-state index contributed by atoms with van der Waals surface area (Å²) in [5, 5.41) is 11.9. The minimum Gasteiger partial charge on any atom is -0.468 e. The van der Waals surface area contributed by atoms with Gasteiger partial charge in [-0.15, -0.1) is 0 Å². The summed E-state index contributed by atoms with van der Waals surface area (Å²) >= 11 is 7.08. The average Bonchev–Trinajstić information content (AvgIpc) is 3.51. The van der Waals surface area contributed by atoms with Gasteiger partial charge < -0.3 is 20.1 Å². The van der Waals surface area contributed by atoms with Crippen molar-refractivity contribution in [1.82, 2.24) is 24.6 Å². The second kappa shape index (κ2) is 12.9. The molecule has 13 nitrogen and oxygen atoms in total. The first kappa shape index (κ1) is 30.5. The Morgan fingerprint density at radius 3 is 2.79 bits per heavy atom. The van der Waals surface area contributed by atoms with Crippen molar-refractivity contribution in [2.75, 3.05) is 38.4 Å². The fraction of sp³-hybridized carbons (Fsp3) is 0.591. The summed E-state index contributed by atoms with van der Waals surface area (Å²) in [7, 11) is -2.75. The number of carbonyl (C=O) groups excluding carboxylic acids is 2. The van der Waals surface area contributed by atoms with Crippen LogP contribution >= 0.6 is 31.1 Å². The zero-order valence-corrected chi connectivity index (χ0v) is 24.0. The monoisotopic (exact) mass is 590 g/mol. The fourth-order valence-electron chi connectivity index (χ4n) is 3.55. The number of aromatic nitrogens is 4. The van der Waals surface area contributed by atoms with Crippen LogP contribution in [0.25, 0.3) is 11.2 Å². The van der Waals surface area contributed by atoms with Gasteiger partial charge in [0.15, 0.2) is 15.9 Å².